The summed E-state index contributed by atoms with van der Waals surface area (Å²) in [6.45, 7) is 2.53. The summed E-state index contributed by atoms with van der Waals surface area (Å²) in [5, 5.41) is 0. The van der Waals surface area contributed by atoms with Crippen molar-refractivity contribution in [2.75, 3.05) is 33.4 Å². The highest BCUT2D eigenvalue weighted by molar-refractivity contribution is 5.92. The standard InChI is InChI=1S/C17H24N4O3/c1-24-12-11-21-15(22)3-5-17(21)4-2-9-20(10-6-17)16(23)14-13-18-7-8-19-14/h7-8,13H,2-6,9-12H2,1H3/t17-/m1/s1. The van der Waals surface area contributed by atoms with Crippen LogP contribution in [0.2, 0.25) is 0 Å². The Morgan fingerprint density at radius 1 is 1.29 bits per heavy atom. The lowest BCUT2D eigenvalue weighted by molar-refractivity contribution is -0.132. The minimum absolute atomic E-state index is 0.0760. The molecular formula is C17H24N4O3. The van der Waals surface area contributed by atoms with Crippen LogP contribution >= 0.6 is 0 Å². The maximum Gasteiger partial charge on any atom is 0.274 e. The Kier molecular flexibility index (Phi) is 5.08. The summed E-state index contributed by atoms with van der Waals surface area (Å²) >= 11 is 0. The summed E-state index contributed by atoms with van der Waals surface area (Å²) in [4.78, 5) is 36.8. The van der Waals surface area contributed by atoms with Gasteiger partial charge in [-0.15, -0.1) is 0 Å². The second kappa shape index (κ2) is 7.25. The molecule has 2 saturated heterocycles. The summed E-state index contributed by atoms with van der Waals surface area (Å²) in [6.07, 6.45) is 8.72. The van der Waals surface area contributed by atoms with Crippen LogP contribution in [0.1, 0.15) is 42.6 Å². The Labute approximate surface area is 142 Å². The van der Waals surface area contributed by atoms with Gasteiger partial charge in [-0.3, -0.25) is 14.6 Å². The van der Waals surface area contributed by atoms with E-state index in [4.69, 9.17) is 4.74 Å². The Hall–Kier alpha value is -2.02. The second-order valence-electron chi connectivity index (χ2n) is 6.50. The third-order valence-corrected chi connectivity index (χ3v) is 5.18. The summed E-state index contributed by atoms with van der Waals surface area (Å²) in [6, 6.07) is 0. The van der Waals surface area contributed by atoms with Crippen molar-refractivity contribution in [1.82, 2.24) is 19.8 Å². The van der Waals surface area contributed by atoms with Crippen molar-refractivity contribution < 1.29 is 14.3 Å². The predicted molar refractivity (Wildman–Crippen MR) is 87.3 cm³/mol. The van der Waals surface area contributed by atoms with Gasteiger partial charge >= 0.3 is 0 Å². The molecule has 1 atom stereocenters. The van der Waals surface area contributed by atoms with Gasteiger partial charge in [0.15, 0.2) is 0 Å². The van der Waals surface area contributed by atoms with E-state index in [1.54, 1.807) is 13.3 Å². The first kappa shape index (κ1) is 16.8. The number of hydrogen-bond acceptors (Lipinski definition) is 5. The lowest BCUT2D eigenvalue weighted by Crippen LogP contribution is -2.48. The van der Waals surface area contributed by atoms with Gasteiger partial charge in [0.2, 0.25) is 5.91 Å². The lowest BCUT2D eigenvalue weighted by atomic mass is 9.88. The van der Waals surface area contributed by atoms with Gasteiger partial charge in [-0.05, 0) is 25.7 Å². The van der Waals surface area contributed by atoms with Gasteiger partial charge in [0.1, 0.15) is 5.69 Å². The molecule has 0 saturated carbocycles. The van der Waals surface area contributed by atoms with E-state index in [1.165, 1.54) is 12.4 Å². The van der Waals surface area contributed by atoms with Crippen LogP contribution in [0.25, 0.3) is 0 Å². The molecule has 3 rings (SSSR count). The summed E-state index contributed by atoms with van der Waals surface area (Å²) in [5.41, 5.74) is 0.264. The van der Waals surface area contributed by atoms with Crippen LogP contribution in [0.4, 0.5) is 0 Å². The van der Waals surface area contributed by atoms with Crippen LogP contribution in [-0.2, 0) is 9.53 Å². The third-order valence-electron chi connectivity index (χ3n) is 5.18. The Morgan fingerprint density at radius 2 is 2.17 bits per heavy atom. The number of hydrogen-bond donors (Lipinski definition) is 0. The number of carbonyl (C=O) groups is 2. The van der Waals surface area contributed by atoms with Crippen LogP contribution < -0.4 is 0 Å². The van der Waals surface area contributed by atoms with Gasteiger partial charge in [0, 0.05) is 51.1 Å². The zero-order valence-electron chi connectivity index (χ0n) is 14.1. The maximum atomic E-state index is 12.6. The lowest BCUT2D eigenvalue weighted by Gasteiger charge is -2.38. The highest BCUT2D eigenvalue weighted by atomic mass is 16.5. The predicted octanol–water partition coefficient (Wildman–Crippen LogP) is 1.11. The Morgan fingerprint density at radius 3 is 2.92 bits per heavy atom. The van der Waals surface area contributed by atoms with Crippen molar-refractivity contribution in [2.24, 2.45) is 0 Å². The van der Waals surface area contributed by atoms with Gasteiger partial charge in [-0.2, -0.15) is 0 Å². The van der Waals surface area contributed by atoms with E-state index in [1.807, 2.05) is 9.80 Å². The van der Waals surface area contributed by atoms with E-state index < -0.39 is 0 Å². The number of carbonyl (C=O) groups excluding carboxylic acids is 2. The van der Waals surface area contributed by atoms with Gasteiger partial charge in [-0.1, -0.05) is 0 Å². The normalized spacial score (nSPS) is 24.5. The molecule has 2 fully saturated rings. The van der Waals surface area contributed by atoms with E-state index in [0.717, 1.165) is 25.7 Å². The Balaban J connectivity index is 1.70. The number of likely N-dealkylation sites (tertiary alicyclic amines) is 2. The number of amides is 2. The molecular weight excluding hydrogens is 308 g/mol. The fraction of sp³-hybridized carbons (Fsp3) is 0.647. The van der Waals surface area contributed by atoms with Crippen molar-refractivity contribution in [1.29, 1.82) is 0 Å². The number of rotatable bonds is 4. The number of methoxy groups -OCH3 is 1. The van der Waals surface area contributed by atoms with Crippen LogP contribution in [0.15, 0.2) is 18.6 Å². The van der Waals surface area contributed by atoms with Crippen LogP contribution in [0.3, 0.4) is 0 Å². The molecule has 0 aliphatic carbocycles. The molecule has 7 nitrogen and oxygen atoms in total. The molecule has 0 unspecified atom stereocenters. The van der Waals surface area contributed by atoms with Crippen LogP contribution in [-0.4, -0.2) is 70.5 Å². The molecule has 7 heteroatoms. The van der Waals surface area contributed by atoms with Gasteiger partial charge in [0.05, 0.1) is 12.8 Å². The van der Waals surface area contributed by atoms with Gasteiger partial charge in [0.25, 0.3) is 5.91 Å². The minimum atomic E-state index is -0.118. The summed E-state index contributed by atoms with van der Waals surface area (Å²) in [7, 11) is 1.65. The third kappa shape index (κ3) is 3.26. The first-order valence-corrected chi connectivity index (χ1v) is 8.51. The highest BCUT2D eigenvalue weighted by Crippen LogP contribution is 2.39. The van der Waals surface area contributed by atoms with Crippen molar-refractivity contribution >= 4 is 11.8 Å². The first-order chi connectivity index (χ1) is 11.7. The van der Waals surface area contributed by atoms with Crippen molar-refractivity contribution in [3.8, 4) is 0 Å². The minimum Gasteiger partial charge on any atom is -0.383 e. The molecule has 1 aromatic rings. The zero-order chi connectivity index (χ0) is 17.0. The monoisotopic (exact) mass is 332 g/mol. The van der Waals surface area contributed by atoms with Crippen molar-refractivity contribution in [3.05, 3.63) is 24.3 Å². The van der Waals surface area contributed by atoms with Crippen molar-refractivity contribution in [3.63, 3.8) is 0 Å². The molecule has 2 amide bonds. The largest absolute Gasteiger partial charge is 0.383 e. The molecule has 130 valence electrons. The molecule has 0 aromatic carbocycles. The zero-order valence-corrected chi connectivity index (χ0v) is 14.1. The topological polar surface area (TPSA) is 75.6 Å². The maximum absolute atomic E-state index is 12.6. The summed E-state index contributed by atoms with van der Waals surface area (Å²) in [5.74, 6) is 0.133. The molecule has 2 aliphatic heterocycles. The fourth-order valence-electron chi connectivity index (χ4n) is 3.89. The Bertz CT molecular complexity index is 595. The molecule has 24 heavy (non-hydrogen) atoms. The fourth-order valence-corrected chi connectivity index (χ4v) is 3.89. The molecule has 1 spiro atoms. The molecule has 0 bridgehead atoms. The smallest absolute Gasteiger partial charge is 0.274 e. The van der Waals surface area contributed by atoms with E-state index in [9.17, 15) is 9.59 Å². The van der Waals surface area contributed by atoms with E-state index in [-0.39, 0.29) is 17.4 Å². The average Bonchev–Trinajstić information content (AvgIpc) is 2.79. The number of ether oxygens (including phenoxy) is 1. The average molecular weight is 332 g/mol. The molecule has 2 aliphatic rings. The summed E-state index contributed by atoms with van der Waals surface area (Å²) < 4.78 is 5.16. The molecule has 0 radical (unpaired) electrons. The quantitative estimate of drug-likeness (QED) is 0.825. The highest BCUT2D eigenvalue weighted by Gasteiger charge is 2.45. The molecule has 0 N–H and O–H groups in total. The van der Waals surface area contributed by atoms with Gasteiger partial charge < -0.3 is 14.5 Å². The number of aromatic nitrogens is 2. The van der Waals surface area contributed by atoms with E-state index >= 15 is 0 Å². The van der Waals surface area contributed by atoms with Crippen LogP contribution in [0.5, 0.6) is 0 Å². The van der Waals surface area contributed by atoms with E-state index in [0.29, 0.717) is 38.4 Å². The molecule has 3 heterocycles. The first-order valence-electron chi connectivity index (χ1n) is 8.51. The van der Waals surface area contributed by atoms with Crippen molar-refractivity contribution in [2.45, 2.75) is 37.6 Å². The van der Waals surface area contributed by atoms with Gasteiger partial charge in [-0.25, -0.2) is 4.98 Å². The number of nitrogens with zero attached hydrogens (tertiary/aromatic N) is 4. The van der Waals surface area contributed by atoms with E-state index in [2.05, 4.69) is 9.97 Å². The molecule has 1 aromatic heterocycles. The SMILES string of the molecule is COCCN1C(=O)CC[C@@]12CCCN(C(=O)c1cnccn1)CC2. The van der Waals surface area contributed by atoms with Crippen LogP contribution in [0, 0.1) is 0 Å². The second-order valence-corrected chi connectivity index (χ2v) is 6.50.